The zero-order chi connectivity index (χ0) is 12.1. The lowest BCUT2D eigenvalue weighted by molar-refractivity contribution is 0.161. The van der Waals surface area contributed by atoms with Crippen molar-refractivity contribution < 1.29 is 5.11 Å². The summed E-state index contributed by atoms with van der Waals surface area (Å²) in [4.78, 5) is 2.23. The molecule has 0 rings (SSSR count). The van der Waals surface area contributed by atoms with E-state index in [4.69, 9.17) is 10.8 Å². The maximum absolute atomic E-state index is 9.16. The number of aliphatic hydroxyl groups excluding tert-OH is 1. The van der Waals surface area contributed by atoms with E-state index in [0.29, 0.717) is 0 Å². The molecular weight excluding hydrogens is 188 g/mol. The Morgan fingerprint density at radius 1 is 1.20 bits per heavy atom. The Labute approximate surface area is 94.6 Å². The van der Waals surface area contributed by atoms with Crippen LogP contribution in [0, 0.1) is 5.41 Å². The number of rotatable bonds is 6. The van der Waals surface area contributed by atoms with Crippen molar-refractivity contribution in [2.75, 3.05) is 20.1 Å². The molecule has 0 aliphatic carbocycles. The van der Waals surface area contributed by atoms with Gasteiger partial charge in [-0.1, -0.05) is 20.8 Å². The van der Waals surface area contributed by atoms with E-state index in [1.165, 1.54) is 0 Å². The number of nitrogens with two attached hydrogens (primary N) is 1. The molecule has 0 amide bonds. The summed E-state index contributed by atoms with van der Waals surface area (Å²) in [5, 5.41) is 9.16. The van der Waals surface area contributed by atoms with Gasteiger partial charge in [0.1, 0.15) is 0 Å². The molecule has 0 radical (unpaired) electrons. The van der Waals surface area contributed by atoms with Crippen LogP contribution in [0.1, 0.15) is 40.5 Å². The molecule has 0 aromatic carbocycles. The van der Waals surface area contributed by atoms with Gasteiger partial charge in [-0.15, -0.1) is 0 Å². The summed E-state index contributed by atoms with van der Waals surface area (Å²) in [7, 11) is 2.08. The fraction of sp³-hybridized carbons (Fsp3) is 1.00. The van der Waals surface area contributed by atoms with Crippen LogP contribution in [-0.2, 0) is 0 Å². The van der Waals surface area contributed by atoms with Gasteiger partial charge in [0.25, 0.3) is 0 Å². The molecule has 0 heterocycles. The third-order valence-electron chi connectivity index (χ3n) is 2.86. The second-order valence-electron chi connectivity index (χ2n) is 5.70. The predicted octanol–water partition coefficient (Wildman–Crippen LogP) is 1.45. The van der Waals surface area contributed by atoms with Gasteiger partial charge in [0.15, 0.2) is 0 Å². The maximum atomic E-state index is 9.16. The average molecular weight is 216 g/mol. The largest absolute Gasteiger partial charge is 0.393 e. The lowest BCUT2D eigenvalue weighted by Gasteiger charge is -2.29. The number of hydrogen-bond donors (Lipinski definition) is 2. The lowest BCUT2D eigenvalue weighted by Crippen LogP contribution is -2.38. The van der Waals surface area contributed by atoms with Gasteiger partial charge >= 0.3 is 0 Å². The molecule has 3 nitrogen and oxygen atoms in total. The Kier molecular flexibility index (Phi) is 6.41. The second-order valence-corrected chi connectivity index (χ2v) is 5.70. The predicted molar refractivity (Wildman–Crippen MR) is 65.8 cm³/mol. The molecule has 3 heteroatoms. The van der Waals surface area contributed by atoms with Crippen molar-refractivity contribution in [3.05, 3.63) is 0 Å². The topological polar surface area (TPSA) is 49.5 Å². The molecule has 2 atom stereocenters. The van der Waals surface area contributed by atoms with E-state index in [-0.39, 0.29) is 17.6 Å². The quantitative estimate of drug-likeness (QED) is 0.706. The Balaban J connectivity index is 3.66. The molecule has 0 bridgehead atoms. The summed E-state index contributed by atoms with van der Waals surface area (Å²) < 4.78 is 0. The highest BCUT2D eigenvalue weighted by molar-refractivity contribution is 4.77. The fourth-order valence-corrected chi connectivity index (χ4v) is 1.31. The summed E-state index contributed by atoms with van der Waals surface area (Å²) >= 11 is 0. The molecule has 3 N–H and O–H groups in total. The van der Waals surface area contributed by atoms with Crippen molar-refractivity contribution >= 4 is 0 Å². The monoisotopic (exact) mass is 216 g/mol. The van der Waals surface area contributed by atoms with Crippen LogP contribution in [0.25, 0.3) is 0 Å². The molecule has 0 spiro atoms. The third kappa shape index (κ3) is 7.77. The maximum Gasteiger partial charge on any atom is 0.0524 e. The van der Waals surface area contributed by atoms with Gasteiger partial charge in [-0.25, -0.2) is 0 Å². The minimum Gasteiger partial charge on any atom is -0.393 e. The molecule has 15 heavy (non-hydrogen) atoms. The highest BCUT2D eigenvalue weighted by Crippen LogP contribution is 2.19. The first-order chi connectivity index (χ1) is 6.73. The van der Waals surface area contributed by atoms with Crippen LogP contribution in [0.2, 0.25) is 0 Å². The van der Waals surface area contributed by atoms with Gasteiger partial charge in [-0.3, -0.25) is 0 Å². The van der Waals surface area contributed by atoms with E-state index in [1.807, 2.05) is 6.92 Å². The van der Waals surface area contributed by atoms with E-state index in [9.17, 15) is 0 Å². The zero-order valence-electron chi connectivity index (χ0n) is 11.0. The molecule has 0 fully saturated rings. The Morgan fingerprint density at radius 2 is 1.67 bits per heavy atom. The van der Waals surface area contributed by atoms with Crippen LogP contribution in [-0.4, -0.2) is 42.3 Å². The average Bonchev–Trinajstić information content (AvgIpc) is 2.09. The van der Waals surface area contributed by atoms with Crippen LogP contribution in [0.3, 0.4) is 0 Å². The summed E-state index contributed by atoms with van der Waals surface area (Å²) in [6, 6.07) is 0.242. The second kappa shape index (κ2) is 6.46. The van der Waals surface area contributed by atoms with Crippen molar-refractivity contribution in [2.45, 2.75) is 52.7 Å². The van der Waals surface area contributed by atoms with E-state index in [2.05, 4.69) is 32.7 Å². The fourth-order valence-electron chi connectivity index (χ4n) is 1.31. The molecule has 0 saturated carbocycles. The molecule has 0 aromatic heterocycles. The lowest BCUT2D eigenvalue weighted by atomic mass is 9.85. The van der Waals surface area contributed by atoms with Crippen molar-refractivity contribution in [1.29, 1.82) is 0 Å². The van der Waals surface area contributed by atoms with Gasteiger partial charge < -0.3 is 15.7 Å². The van der Waals surface area contributed by atoms with Crippen LogP contribution < -0.4 is 5.73 Å². The van der Waals surface area contributed by atoms with E-state index < -0.39 is 0 Å². The SMILES string of the molecule is CC(O)CCN(C)CCC(N)C(C)(C)C. The van der Waals surface area contributed by atoms with Crippen molar-refractivity contribution in [1.82, 2.24) is 4.90 Å². The normalized spacial score (nSPS) is 16.8. The number of aliphatic hydroxyl groups is 1. The van der Waals surface area contributed by atoms with Crippen LogP contribution in [0.5, 0.6) is 0 Å². The third-order valence-corrected chi connectivity index (χ3v) is 2.86. The molecular formula is C12H28N2O. The molecule has 0 aromatic rings. The summed E-state index contributed by atoms with van der Waals surface area (Å²) in [5.74, 6) is 0. The standard InChI is InChI=1S/C12H28N2O/c1-10(15)6-8-14(5)9-7-11(13)12(2,3)4/h10-11,15H,6-9,13H2,1-5H3. The van der Waals surface area contributed by atoms with Gasteiger partial charge in [-0.2, -0.15) is 0 Å². The number of hydrogen-bond acceptors (Lipinski definition) is 3. The van der Waals surface area contributed by atoms with Crippen LogP contribution in [0.15, 0.2) is 0 Å². The van der Waals surface area contributed by atoms with Gasteiger partial charge in [0, 0.05) is 12.6 Å². The van der Waals surface area contributed by atoms with E-state index in [0.717, 1.165) is 25.9 Å². The highest BCUT2D eigenvalue weighted by atomic mass is 16.3. The summed E-state index contributed by atoms with van der Waals surface area (Å²) in [6.07, 6.45) is 1.64. The minimum atomic E-state index is -0.205. The Hall–Kier alpha value is -0.120. The first-order valence-electron chi connectivity index (χ1n) is 5.85. The molecule has 92 valence electrons. The minimum absolute atomic E-state index is 0.186. The first-order valence-corrected chi connectivity index (χ1v) is 5.85. The summed E-state index contributed by atoms with van der Waals surface area (Å²) in [5.41, 5.74) is 6.26. The van der Waals surface area contributed by atoms with Crippen LogP contribution in [0.4, 0.5) is 0 Å². The zero-order valence-corrected chi connectivity index (χ0v) is 11.0. The van der Waals surface area contributed by atoms with Crippen molar-refractivity contribution in [2.24, 2.45) is 11.1 Å². The highest BCUT2D eigenvalue weighted by Gasteiger charge is 2.20. The first kappa shape index (κ1) is 14.9. The van der Waals surface area contributed by atoms with Crippen LogP contribution >= 0.6 is 0 Å². The van der Waals surface area contributed by atoms with Gasteiger partial charge in [-0.05, 0) is 38.8 Å². The molecule has 0 aliphatic rings. The molecule has 0 aliphatic heterocycles. The van der Waals surface area contributed by atoms with E-state index >= 15 is 0 Å². The van der Waals surface area contributed by atoms with Gasteiger partial charge in [0.05, 0.1) is 6.10 Å². The van der Waals surface area contributed by atoms with Crippen molar-refractivity contribution in [3.63, 3.8) is 0 Å². The Bertz CT molecular complexity index is 163. The number of nitrogens with zero attached hydrogens (tertiary/aromatic N) is 1. The van der Waals surface area contributed by atoms with E-state index in [1.54, 1.807) is 0 Å². The smallest absolute Gasteiger partial charge is 0.0524 e. The van der Waals surface area contributed by atoms with Crippen molar-refractivity contribution in [3.8, 4) is 0 Å². The van der Waals surface area contributed by atoms with Gasteiger partial charge in [0.2, 0.25) is 0 Å². The summed E-state index contributed by atoms with van der Waals surface area (Å²) in [6.45, 7) is 10.3. The Morgan fingerprint density at radius 3 is 2.07 bits per heavy atom. The molecule has 0 saturated heterocycles. The molecule has 2 unspecified atom stereocenters.